The molecule has 0 amide bonds. The summed E-state index contributed by atoms with van der Waals surface area (Å²) in [4.78, 5) is 11.7. The number of halogens is 1. The quantitative estimate of drug-likeness (QED) is 0.684. The monoisotopic (exact) mass is 287 g/mol. The highest BCUT2D eigenvalue weighted by Crippen LogP contribution is 2.30. The normalized spacial score (nSPS) is 12.7. The summed E-state index contributed by atoms with van der Waals surface area (Å²) < 4.78 is 6.87. The van der Waals surface area contributed by atoms with Gasteiger partial charge < -0.3 is 4.42 Å². The Morgan fingerprint density at radius 1 is 1.15 bits per heavy atom. The molecule has 3 aromatic rings. The third-order valence-electron chi connectivity index (χ3n) is 3.39. The fourth-order valence-electron chi connectivity index (χ4n) is 2.35. The van der Waals surface area contributed by atoms with Crippen LogP contribution in [0.1, 0.15) is 23.4 Å². The SMILES string of the molecule is CCn1c(=O)oc2cc(C(Cl)c3ccccc3)ccc21. The lowest BCUT2D eigenvalue weighted by Crippen LogP contribution is -2.11. The van der Waals surface area contributed by atoms with Crippen molar-refractivity contribution in [1.82, 2.24) is 4.57 Å². The summed E-state index contributed by atoms with van der Waals surface area (Å²) in [5, 5.41) is -0.254. The molecular formula is C16H14ClNO2. The van der Waals surface area contributed by atoms with Gasteiger partial charge in [0, 0.05) is 6.54 Å². The fourth-order valence-corrected chi connectivity index (χ4v) is 2.64. The van der Waals surface area contributed by atoms with Crippen molar-refractivity contribution in [2.24, 2.45) is 0 Å². The molecule has 0 fully saturated rings. The van der Waals surface area contributed by atoms with Crippen LogP contribution in [0.25, 0.3) is 11.1 Å². The van der Waals surface area contributed by atoms with E-state index in [1.807, 2.05) is 55.5 Å². The molecule has 1 aromatic heterocycles. The van der Waals surface area contributed by atoms with Crippen LogP contribution in [0.3, 0.4) is 0 Å². The van der Waals surface area contributed by atoms with Crippen LogP contribution < -0.4 is 5.76 Å². The molecule has 0 aliphatic heterocycles. The van der Waals surface area contributed by atoms with Gasteiger partial charge in [-0.1, -0.05) is 36.4 Å². The van der Waals surface area contributed by atoms with Crippen molar-refractivity contribution in [3.05, 3.63) is 70.2 Å². The molecule has 0 radical (unpaired) electrons. The van der Waals surface area contributed by atoms with Crippen molar-refractivity contribution in [3.8, 4) is 0 Å². The highest BCUT2D eigenvalue weighted by atomic mass is 35.5. The average Bonchev–Trinajstić information content (AvgIpc) is 2.81. The van der Waals surface area contributed by atoms with E-state index in [1.165, 1.54) is 0 Å². The lowest BCUT2D eigenvalue weighted by molar-refractivity contribution is 0.513. The number of aryl methyl sites for hydroxylation is 1. The number of aromatic nitrogens is 1. The van der Waals surface area contributed by atoms with Crippen molar-refractivity contribution in [2.45, 2.75) is 18.8 Å². The van der Waals surface area contributed by atoms with Crippen LogP contribution in [0.4, 0.5) is 0 Å². The molecule has 4 heteroatoms. The summed E-state index contributed by atoms with van der Waals surface area (Å²) in [6.45, 7) is 2.51. The standard InChI is InChI=1S/C16H14ClNO2/c1-2-18-13-9-8-12(10-14(13)20-16(18)19)15(17)11-6-4-3-5-7-11/h3-10,15H,2H2,1H3. The minimum Gasteiger partial charge on any atom is -0.408 e. The molecule has 1 unspecified atom stereocenters. The van der Waals surface area contributed by atoms with Gasteiger partial charge in [0.05, 0.1) is 10.9 Å². The maximum absolute atomic E-state index is 11.7. The minimum absolute atomic E-state index is 0.254. The third-order valence-corrected chi connectivity index (χ3v) is 3.90. The Hall–Kier alpha value is -2.00. The van der Waals surface area contributed by atoms with Crippen LogP contribution in [0, 0.1) is 0 Å². The highest BCUT2D eigenvalue weighted by Gasteiger charge is 2.14. The van der Waals surface area contributed by atoms with E-state index < -0.39 is 0 Å². The van der Waals surface area contributed by atoms with Gasteiger partial charge in [-0.15, -0.1) is 11.6 Å². The van der Waals surface area contributed by atoms with Gasteiger partial charge in [-0.2, -0.15) is 0 Å². The summed E-state index contributed by atoms with van der Waals surface area (Å²) in [5.74, 6) is -0.328. The first-order chi connectivity index (χ1) is 9.70. The minimum atomic E-state index is -0.328. The van der Waals surface area contributed by atoms with Gasteiger partial charge in [0.2, 0.25) is 0 Å². The van der Waals surface area contributed by atoms with Gasteiger partial charge in [-0.05, 0) is 30.2 Å². The summed E-state index contributed by atoms with van der Waals surface area (Å²) in [6.07, 6.45) is 0. The Kier molecular flexibility index (Phi) is 3.36. The molecule has 1 atom stereocenters. The molecule has 0 saturated heterocycles. The molecule has 3 rings (SSSR count). The van der Waals surface area contributed by atoms with Crippen LogP contribution in [-0.4, -0.2) is 4.57 Å². The number of hydrogen-bond donors (Lipinski definition) is 0. The molecule has 0 N–H and O–H groups in total. The highest BCUT2D eigenvalue weighted by molar-refractivity contribution is 6.22. The molecule has 102 valence electrons. The van der Waals surface area contributed by atoms with Crippen LogP contribution in [-0.2, 0) is 6.54 Å². The lowest BCUT2D eigenvalue weighted by Gasteiger charge is -2.10. The fraction of sp³-hybridized carbons (Fsp3) is 0.188. The number of alkyl halides is 1. The van der Waals surface area contributed by atoms with E-state index in [1.54, 1.807) is 4.57 Å². The summed E-state index contributed by atoms with van der Waals surface area (Å²) in [7, 11) is 0. The predicted octanol–water partition coefficient (Wildman–Crippen LogP) is 3.94. The maximum Gasteiger partial charge on any atom is 0.419 e. The molecule has 0 bridgehead atoms. The van der Waals surface area contributed by atoms with Gasteiger partial charge in [0.15, 0.2) is 5.58 Å². The zero-order valence-corrected chi connectivity index (χ0v) is 11.8. The molecule has 1 heterocycles. The van der Waals surface area contributed by atoms with E-state index in [0.29, 0.717) is 12.1 Å². The Morgan fingerprint density at radius 2 is 1.90 bits per heavy atom. The van der Waals surface area contributed by atoms with Gasteiger partial charge in [0.1, 0.15) is 0 Å². The second kappa shape index (κ2) is 5.17. The van der Waals surface area contributed by atoms with Gasteiger partial charge in [-0.25, -0.2) is 4.79 Å². The van der Waals surface area contributed by atoms with Crippen LogP contribution in [0.15, 0.2) is 57.7 Å². The third kappa shape index (κ3) is 2.14. The number of nitrogens with zero attached hydrogens (tertiary/aromatic N) is 1. The average molecular weight is 288 g/mol. The van der Waals surface area contributed by atoms with E-state index in [2.05, 4.69) is 0 Å². The Balaban J connectivity index is 2.08. The van der Waals surface area contributed by atoms with Gasteiger partial charge in [-0.3, -0.25) is 4.57 Å². The summed E-state index contributed by atoms with van der Waals surface area (Å²) in [5.41, 5.74) is 3.32. The number of fused-ring (bicyclic) bond motifs is 1. The van der Waals surface area contributed by atoms with E-state index in [-0.39, 0.29) is 11.1 Å². The predicted molar refractivity (Wildman–Crippen MR) is 80.3 cm³/mol. The molecule has 0 aliphatic rings. The van der Waals surface area contributed by atoms with E-state index in [4.69, 9.17) is 16.0 Å². The molecule has 0 spiro atoms. The van der Waals surface area contributed by atoms with Crippen LogP contribution >= 0.6 is 11.6 Å². The van der Waals surface area contributed by atoms with Gasteiger partial charge in [0.25, 0.3) is 0 Å². The zero-order valence-electron chi connectivity index (χ0n) is 11.0. The Labute approximate surface area is 121 Å². The zero-order chi connectivity index (χ0) is 14.1. The second-order valence-electron chi connectivity index (χ2n) is 4.61. The number of benzene rings is 2. The largest absolute Gasteiger partial charge is 0.419 e. The van der Waals surface area contributed by atoms with E-state index >= 15 is 0 Å². The first kappa shape index (κ1) is 13.0. The second-order valence-corrected chi connectivity index (χ2v) is 5.05. The van der Waals surface area contributed by atoms with E-state index in [9.17, 15) is 4.79 Å². The van der Waals surface area contributed by atoms with Crippen molar-refractivity contribution >= 4 is 22.7 Å². The number of hydrogen-bond acceptors (Lipinski definition) is 2. The molecular weight excluding hydrogens is 274 g/mol. The summed E-state index contributed by atoms with van der Waals surface area (Å²) >= 11 is 6.49. The van der Waals surface area contributed by atoms with E-state index in [0.717, 1.165) is 16.6 Å². The molecule has 2 aromatic carbocycles. The van der Waals surface area contributed by atoms with Crippen LogP contribution in [0.5, 0.6) is 0 Å². The van der Waals surface area contributed by atoms with Crippen molar-refractivity contribution in [1.29, 1.82) is 0 Å². The lowest BCUT2D eigenvalue weighted by atomic mass is 10.0. The van der Waals surface area contributed by atoms with Crippen molar-refractivity contribution in [2.75, 3.05) is 0 Å². The topological polar surface area (TPSA) is 35.1 Å². The number of oxazole rings is 1. The molecule has 0 saturated carbocycles. The molecule has 3 nitrogen and oxygen atoms in total. The Bertz CT molecular complexity index is 789. The summed E-state index contributed by atoms with van der Waals surface area (Å²) in [6, 6.07) is 15.5. The molecule has 0 aliphatic carbocycles. The smallest absolute Gasteiger partial charge is 0.408 e. The first-order valence-corrected chi connectivity index (χ1v) is 6.96. The first-order valence-electron chi connectivity index (χ1n) is 6.53. The Morgan fingerprint density at radius 3 is 2.60 bits per heavy atom. The van der Waals surface area contributed by atoms with Crippen LogP contribution in [0.2, 0.25) is 0 Å². The molecule has 20 heavy (non-hydrogen) atoms. The van der Waals surface area contributed by atoms with Gasteiger partial charge >= 0.3 is 5.76 Å². The van der Waals surface area contributed by atoms with Crippen molar-refractivity contribution < 1.29 is 4.42 Å². The van der Waals surface area contributed by atoms with Crippen molar-refractivity contribution in [3.63, 3.8) is 0 Å². The maximum atomic E-state index is 11.7. The number of rotatable bonds is 3.